The first-order valence-corrected chi connectivity index (χ1v) is 8.36. The van der Waals surface area contributed by atoms with Gasteiger partial charge in [0.15, 0.2) is 0 Å². The van der Waals surface area contributed by atoms with E-state index in [-0.39, 0.29) is 5.28 Å². The molecule has 1 aromatic heterocycles. The predicted octanol–water partition coefficient (Wildman–Crippen LogP) is 3.48. The van der Waals surface area contributed by atoms with Gasteiger partial charge < -0.3 is 16.0 Å². The Kier molecular flexibility index (Phi) is 5.20. The summed E-state index contributed by atoms with van der Waals surface area (Å²) in [5.41, 5.74) is 2.99. The molecule has 2 aromatic rings. The molecule has 1 saturated heterocycles. The second-order valence-corrected chi connectivity index (χ2v) is 6.38. The van der Waals surface area contributed by atoms with Crippen molar-refractivity contribution in [2.75, 3.05) is 23.7 Å². The maximum atomic E-state index is 6.26. The maximum Gasteiger partial charge on any atom is 0.224 e. The Labute approximate surface area is 145 Å². The van der Waals surface area contributed by atoms with Crippen LogP contribution in [-0.4, -0.2) is 29.1 Å². The van der Waals surface area contributed by atoms with Crippen LogP contribution in [-0.2, 0) is 6.54 Å². The summed E-state index contributed by atoms with van der Waals surface area (Å²) in [6.45, 7) is 4.54. The highest BCUT2D eigenvalue weighted by Gasteiger charge is 2.17. The number of hydrogen-bond donors (Lipinski definition) is 3. The van der Waals surface area contributed by atoms with Gasteiger partial charge in [-0.05, 0) is 43.1 Å². The Morgan fingerprint density at radius 1 is 1.35 bits per heavy atom. The molecule has 3 N–H and O–H groups in total. The SMILES string of the molecule is Cc1cccc(Cl)c1NCc1cnc(Cl)nc1NC1CCNC1. The van der Waals surface area contributed by atoms with Gasteiger partial charge in [0.2, 0.25) is 5.28 Å². The first kappa shape index (κ1) is 16.3. The maximum absolute atomic E-state index is 6.26. The quantitative estimate of drug-likeness (QED) is 0.720. The molecular formula is C16H19Cl2N5. The molecule has 7 heteroatoms. The van der Waals surface area contributed by atoms with Gasteiger partial charge in [0.25, 0.3) is 0 Å². The van der Waals surface area contributed by atoms with E-state index in [9.17, 15) is 0 Å². The highest BCUT2D eigenvalue weighted by Crippen LogP contribution is 2.26. The van der Waals surface area contributed by atoms with Crippen LogP contribution in [0, 0.1) is 6.92 Å². The number of halogens is 2. The van der Waals surface area contributed by atoms with Crippen LogP contribution < -0.4 is 16.0 Å². The lowest BCUT2D eigenvalue weighted by Gasteiger charge is -2.17. The number of benzene rings is 1. The van der Waals surface area contributed by atoms with Crippen LogP contribution in [0.1, 0.15) is 17.5 Å². The molecule has 1 unspecified atom stereocenters. The number of anilines is 2. The summed E-state index contributed by atoms with van der Waals surface area (Å²) >= 11 is 12.2. The average molecular weight is 352 g/mol. The zero-order chi connectivity index (χ0) is 16.2. The Bertz CT molecular complexity index is 666. The molecule has 122 valence electrons. The van der Waals surface area contributed by atoms with Gasteiger partial charge in [0, 0.05) is 30.9 Å². The van der Waals surface area contributed by atoms with E-state index in [4.69, 9.17) is 23.2 Å². The van der Waals surface area contributed by atoms with Crippen LogP contribution in [0.15, 0.2) is 24.4 Å². The summed E-state index contributed by atoms with van der Waals surface area (Å²) in [6.07, 6.45) is 2.82. The molecule has 1 fully saturated rings. The van der Waals surface area contributed by atoms with Crippen molar-refractivity contribution >= 4 is 34.7 Å². The summed E-state index contributed by atoms with van der Waals surface area (Å²) in [6, 6.07) is 6.20. The molecule has 1 aliphatic heterocycles. The molecule has 5 nitrogen and oxygen atoms in total. The number of nitrogens with one attached hydrogen (secondary N) is 3. The second kappa shape index (κ2) is 7.34. The highest BCUT2D eigenvalue weighted by atomic mass is 35.5. The van der Waals surface area contributed by atoms with Crippen LogP contribution in [0.25, 0.3) is 0 Å². The van der Waals surface area contributed by atoms with Crippen molar-refractivity contribution in [3.8, 4) is 0 Å². The van der Waals surface area contributed by atoms with Crippen LogP contribution in [0.3, 0.4) is 0 Å². The van der Waals surface area contributed by atoms with Gasteiger partial charge in [-0.2, -0.15) is 0 Å². The van der Waals surface area contributed by atoms with E-state index in [2.05, 4.69) is 25.9 Å². The molecular weight excluding hydrogens is 333 g/mol. The number of para-hydroxylation sites is 1. The molecule has 3 rings (SSSR count). The lowest BCUT2D eigenvalue weighted by atomic mass is 10.2. The van der Waals surface area contributed by atoms with Gasteiger partial charge in [0.05, 0.1) is 10.7 Å². The van der Waals surface area contributed by atoms with Crippen LogP contribution in [0.5, 0.6) is 0 Å². The van der Waals surface area contributed by atoms with Crippen molar-refractivity contribution in [2.45, 2.75) is 25.9 Å². The largest absolute Gasteiger partial charge is 0.379 e. The van der Waals surface area contributed by atoms with E-state index in [0.29, 0.717) is 17.6 Å². The van der Waals surface area contributed by atoms with Gasteiger partial charge in [-0.15, -0.1) is 0 Å². The van der Waals surface area contributed by atoms with Crippen LogP contribution in [0.2, 0.25) is 10.3 Å². The van der Waals surface area contributed by atoms with Gasteiger partial charge in [-0.1, -0.05) is 23.7 Å². The van der Waals surface area contributed by atoms with Crippen molar-refractivity contribution in [2.24, 2.45) is 0 Å². The van der Waals surface area contributed by atoms with Crippen molar-refractivity contribution in [1.82, 2.24) is 15.3 Å². The summed E-state index contributed by atoms with van der Waals surface area (Å²) < 4.78 is 0. The Morgan fingerprint density at radius 3 is 2.96 bits per heavy atom. The molecule has 1 aromatic carbocycles. The smallest absolute Gasteiger partial charge is 0.224 e. The monoisotopic (exact) mass is 351 g/mol. The zero-order valence-electron chi connectivity index (χ0n) is 12.9. The minimum absolute atomic E-state index is 0.246. The summed E-state index contributed by atoms with van der Waals surface area (Å²) in [4.78, 5) is 8.43. The number of aromatic nitrogens is 2. The standard InChI is InChI=1S/C16H19Cl2N5/c1-10-3-2-4-13(17)14(10)20-7-11-8-21-16(18)23-15(11)22-12-5-6-19-9-12/h2-4,8,12,19-20H,5-7,9H2,1H3,(H,21,22,23). The van der Waals surface area contributed by atoms with E-state index >= 15 is 0 Å². The molecule has 0 radical (unpaired) electrons. The van der Waals surface area contributed by atoms with Gasteiger partial charge in [-0.3, -0.25) is 0 Å². The van der Waals surface area contributed by atoms with E-state index in [1.165, 1.54) is 0 Å². The fourth-order valence-electron chi connectivity index (χ4n) is 2.65. The normalized spacial score (nSPS) is 17.3. The molecule has 0 aliphatic carbocycles. The number of nitrogens with zero attached hydrogens (tertiary/aromatic N) is 2. The van der Waals surface area contributed by atoms with E-state index in [1.807, 2.05) is 25.1 Å². The lowest BCUT2D eigenvalue weighted by Crippen LogP contribution is -2.24. The minimum Gasteiger partial charge on any atom is -0.379 e. The fraction of sp³-hybridized carbons (Fsp3) is 0.375. The topological polar surface area (TPSA) is 61.9 Å². The van der Waals surface area contributed by atoms with Crippen LogP contribution in [0.4, 0.5) is 11.5 Å². The van der Waals surface area contributed by atoms with Crippen molar-refractivity contribution in [3.05, 3.63) is 45.8 Å². The first-order valence-electron chi connectivity index (χ1n) is 7.61. The zero-order valence-corrected chi connectivity index (χ0v) is 14.4. The van der Waals surface area contributed by atoms with Crippen LogP contribution >= 0.6 is 23.2 Å². The molecule has 0 amide bonds. The third-order valence-electron chi connectivity index (χ3n) is 3.91. The third-order valence-corrected chi connectivity index (χ3v) is 4.41. The van der Waals surface area contributed by atoms with E-state index < -0.39 is 0 Å². The highest BCUT2D eigenvalue weighted by molar-refractivity contribution is 6.33. The molecule has 0 bridgehead atoms. The molecule has 1 atom stereocenters. The first-order chi connectivity index (χ1) is 11.1. The fourth-order valence-corrected chi connectivity index (χ4v) is 3.07. The predicted molar refractivity (Wildman–Crippen MR) is 95.5 cm³/mol. The molecule has 2 heterocycles. The van der Waals surface area contributed by atoms with E-state index in [0.717, 1.165) is 42.1 Å². The van der Waals surface area contributed by atoms with Gasteiger partial charge in [0.1, 0.15) is 5.82 Å². The summed E-state index contributed by atoms with van der Waals surface area (Å²) in [7, 11) is 0. The molecule has 0 saturated carbocycles. The van der Waals surface area contributed by atoms with Crippen molar-refractivity contribution < 1.29 is 0 Å². The van der Waals surface area contributed by atoms with Gasteiger partial charge in [-0.25, -0.2) is 9.97 Å². The van der Waals surface area contributed by atoms with E-state index in [1.54, 1.807) is 6.20 Å². The Hall–Kier alpha value is -1.56. The number of aryl methyl sites for hydroxylation is 1. The molecule has 0 spiro atoms. The third kappa shape index (κ3) is 4.05. The van der Waals surface area contributed by atoms with Crippen molar-refractivity contribution in [3.63, 3.8) is 0 Å². The lowest BCUT2D eigenvalue weighted by molar-refractivity contribution is 0.783. The van der Waals surface area contributed by atoms with Crippen molar-refractivity contribution in [1.29, 1.82) is 0 Å². The Balaban J connectivity index is 1.76. The summed E-state index contributed by atoms with van der Waals surface area (Å²) in [5, 5.41) is 11.1. The molecule has 23 heavy (non-hydrogen) atoms. The minimum atomic E-state index is 0.246. The Morgan fingerprint density at radius 2 is 2.22 bits per heavy atom. The molecule has 1 aliphatic rings. The number of rotatable bonds is 5. The summed E-state index contributed by atoms with van der Waals surface area (Å²) in [5.74, 6) is 0.774. The van der Waals surface area contributed by atoms with Gasteiger partial charge >= 0.3 is 0 Å². The average Bonchev–Trinajstić information content (AvgIpc) is 3.01. The number of hydrogen-bond acceptors (Lipinski definition) is 5. The second-order valence-electron chi connectivity index (χ2n) is 5.63.